The van der Waals surface area contributed by atoms with Crippen LogP contribution in [0.2, 0.25) is 0 Å². The van der Waals surface area contributed by atoms with Crippen LogP contribution in [0.3, 0.4) is 0 Å². The maximum absolute atomic E-state index is 11.6. The van der Waals surface area contributed by atoms with Gasteiger partial charge in [-0.15, -0.1) is 0 Å². The first-order valence-electron chi connectivity index (χ1n) is 5.10. The molecule has 17 heavy (non-hydrogen) atoms. The third-order valence-electron chi connectivity index (χ3n) is 2.52. The van der Waals surface area contributed by atoms with Gasteiger partial charge in [0.1, 0.15) is 5.69 Å². The summed E-state index contributed by atoms with van der Waals surface area (Å²) in [4.78, 5) is 24.1. The summed E-state index contributed by atoms with van der Waals surface area (Å²) in [5.41, 5.74) is 2.66. The standard InChI is InChI=1S/C11H9N5O/c1-7-11(14-5-4-12-7)8-6-9-13-3-2-10(17)16(9)15-8/h2-6,15H,1H3. The predicted octanol–water partition coefficient (Wildman–Crippen LogP) is 0.788. The summed E-state index contributed by atoms with van der Waals surface area (Å²) < 4.78 is 1.38. The van der Waals surface area contributed by atoms with E-state index in [9.17, 15) is 4.79 Å². The highest BCUT2D eigenvalue weighted by atomic mass is 16.1. The van der Waals surface area contributed by atoms with Crippen molar-refractivity contribution in [2.45, 2.75) is 6.92 Å². The van der Waals surface area contributed by atoms with Crippen molar-refractivity contribution in [3.05, 3.63) is 46.8 Å². The maximum Gasteiger partial charge on any atom is 0.272 e. The SMILES string of the molecule is Cc1nccnc1-c1cc2nccc(=O)n2[nH]1. The molecule has 0 unspecified atom stereocenters. The fourth-order valence-electron chi connectivity index (χ4n) is 1.71. The lowest BCUT2D eigenvalue weighted by atomic mass is 10.2. The van der Waals surface area contributed by atoms with Gasteiger partial charge in [0.2, 0.25) is 0 Å². The molecule has 6 heteroatoms. The van der Waals surface area contributed by atoms with Crippen molar-refractivity contribution in [2.75, 3.05) is 0 Å². The molecule has 3 heterocycles. The number of fused-ring (bicyclic) bond motifs is 1. The number of hydrogen-bond donors (Lipinski definition) is 1. The minimum atomic E-state index is -0.150. The summed E-state index contributed by atoms with van der Waals surface area (Å²) in [6.07, 6.45) is 4.73. The number of aromatic amines is 1. The van der Waals surface area contributed by atoms with Gasteiger partial charge in [-0.25, -0.2) is 9.50 Å². The minimum absolute atomic E-state index is 0.150. The first-order chi connectivity index (χ1) is 8.25. The first-order valence-corrected chi connectivity index (χ1v) is 5.10. The van der Waals surface area contributed by atoms with Gasteiger partial charge in [-0.1, -0.05) is 0 Å². The zero-order valence-electron chi connectivity index (χ0n) is 9.08. The van der Waals surface area contributed by atoms with Crippen molar-refractivity contribution < 1.29 is 0 Å². The molecule has 0 atom stereocenters. The Morgan fingerprint density at radius 1 is 1.18 bits per heavy atom. The quantitative estimate of drug-likeness (QED) is 0.666. The van der Waals surface area contributed by atoms with Crippen LogP contribution in [0.5, 0.6) is 0 Å². The highest BCUT2D eigenvalue weighted by molar-refractivity contribution is 5.61. The molecule has 0 aliphatic heterocycles. The normalized spacial score (nSPS) is 10.9. The summed E-state index contributed by atoms with van der Waals surface area (Å²) in [7, 11) is 0. The van der Waals surface area contributed by atoms with Gasteiger partial charge in [0.15, 0.2) is 5.65 Å². The van der Waals surface area contributed by atoms with Gasteiger partial charge in [-0.05, 0) is 6.92 Å². The van der Waals surface area contributed by atoms with Crippen LogP contribution in [-0.4, -0.2) is 24.6 Å². The molecule has 3 rings (SSSR count). The van der Waals surface area contributed by atoms with E-state index in [1.807, 2.05) is 6.92 Å². The number of aryl methyl sites for hydroxylation is 1. The molecule has 84 valence electrons. The van der Waals surface area contributed by atoms with E-state index < -0.39 is 0 Å². The molecule has 0 spiro atoms. The average Bonchev–Trinajstić information content (AvgIpc) is 2.75. The van der Waals surface area contributed by atoms with Crippen molar-refractivity contribution in [3.8, 4) is 11.4 Å². The van der Waals surface area contributed by atoms with E-state index >= 15 is 0 Å². The predicted molar refractivity (Wildman–Crippen MR) is 61.6 cm³/mol. The summed E-state index contributed by atoms with van der Waals surface area (Å²) >= 11 is 0. The lowest BCUT2D eigenvalue weighted by Crippen LogP contribution is -2.12. The molecule has 3 aromatic rings. The van der Waals surface area contributed by atoms with Crippen LogP contribution in [0.15, 0.2) is 35.5 Å². The van der Waals surface area contributed by atoms with Gasteiger partial charge in [0.05, 0.1) is 11.4 Å². The molecular formula is C11H9N5O. The molecule has 3 aromatic heterocycles. The highest BCUT2D eigenvalue weighted by Crippen LogP contribution is 2.17. The maximum atomic E-state index is 11.6. The average molecular weight is 227 g/mol. The Morgan fingerprint density at radius 3 is 2.76 bits per heavy atom. The van der Waals surface area contributed by atoms with E-state index in [1.165, 1.54) is 16.8 Å². The largest absolute Gasteiger partial charge is 0.287 e. The van der Waals surface area contributed by atoms with E-state index in [2.05, 4.69) is 20.1 Å². The molecule has 0 aliphatic rings. The molecule has 0 radical (unpaired) electrons. The van der Waals surface area contributed by atoms with Gasteiger partial charge in [0.25, 0.3) is 5.56 Å². The molecule has 0 saturated heterocycles. The second kappa shape index (κ2) is 3.51. The molecule has 0 aliphatic carbocycles. The Bertz CT molecular complexity index is 743. The summed E-state index contributed by atoms with van der Waals surface area (Å²) in [5, 5.41) is 2.96. The molecular weight excluding hydrogens is 218 g/mol. The Hall–Kier alpha value is -2.50. The molecule has 0 saturated carbocycles. The molecule has 0 bridgehead atoms. The fraction of sp³-hybridized carbons (Fsp3) is 0.0909. The number of nitrogens with zero attached hydrogens (tertiary/aromatic N) is 4. The van der Waals surface area contributed by atoms with Gasteiger partial charge < -0.3 is 0 Å². The molecule has 0 aromatic carbocycles. The number of rotatable bonds is 1. The van der Waals surface area contributed by atoms with Crippen LogP contribution in [0, 0.1) is 6.92 Å². The minimum Gasteiger partial charge on any atom is -0.287 e. The van der Waals surface area contributed by atoms with Crippen LogP contribution in [0.25, 0.3) is 17.0 Å². The van der Waals surface area contributed by atoms with Crippen LogP contribution in [0.1, 0.15) is 5.69 Å². The fourth-order valence-corrected chi connectivity index (χ4v) is 1.71. The molecule has 1 N–H and O–H groups in total. The smallest absolute Gasteiger partial charge is 0.272 e. The summed E-state index contributed by atoms with van der Waals surface area (Å²) in [5.74, 6) is 0. The Kier molecular flexibility index (Phi) is 2.01. The number of H-pyrrole nitrogens is 1. The van der Waals surface area contributed by atoms with Crippen LogP contribution in [0.4, 0.5) is 0 Å². The van der Waals surface area contributed by atoms with Crippen molar-refractivity contribution in [1.29, 1.82) is 0 Å². The Morgan fingerprint density at radius 2 is 2.00 bits per heavy atom. The van der Waals surface area contributed by atoms with E-state index in [0.717, 1.165) is 17.1 Å². The lowest BCUT2D eigenvalue weighted by molar-refractivity contribution is 0.898. The van der Waals surface area contributed by atoms with E-state index in [0.29, 0.717) is 5.65 Å². The monoisotopic (exact) mass is 227 g/mol. The zero-order chi connectivity index (χ0) is 11.8. The lowest BCUT2D eigenvalue weighted by Gasteiger charge is -1.98. The number of nitrogens with one attached hydrogen (secondary N) is 1. The molecule has 0 fully saturated rings. The Balaban J connectivity index is 2.30. The van der Waals surface area contributed by atoms with E-state index in [4.69, 9.17) is 0 Å². The van der Waals surface area contributed by atoms with Crippen molar-refractivity contribution in [3.63, 3.8) is 0 Å². The summed E-state index contributed by atoms with van der Waals surface area (Å²) in [6.45, 7) is 1.87. The highest BCUT2D eigenvalue weighted by Gasteiger charge is 2.08. The number of aromatic nitrogens is 5. The second-order valence-corrected chi connectivity index (χ2v) is 3.64. The van der Waals surface area contributed by atoms with Crippen LogP contribution in [-0.2, 0) is 0 Å². The van der Waals surface area contributed by atoms with Gasteiger partial charge in [-0.2, -0.15) is 0 Å². The van der Waals surface area contributed by atoms with E-state index in [-0.39, 0.29) is 5.56 Å². The third-order valence-corrected chi connectivity index (χ3v) is 2.52. The molecule has 6 nitrogen and oxygen atoms in total. The topological polar surface area (TPSA) is 75.9 Å². The first kappa shape index (κ1) is 9.71. The van der Waals surface area contributed by atoms with Gasteiger partial charge >= 0.3 is 0 Å². The summed E-state index contributed by atoms with van der Waals surface area (Å²) in [6, 6.07) is 3.18. The Labute approximate surface area is 96.0 Å². The third kappa shape index (κ3) is 1.50. The number of hydrogen-bond acceptors (Lipinski definition) is 4. The van der Waals surface area contributed by atoms with Crippen molar-refractivity contribution in [1.82, 2.24) is 24.6 Å². The van der Waals surface area contributed by atoms with Crippen LogP contribution < -0.4 is 5.56 Å². The van der Waals surface area contributed by atoms with Crippen LogP contribution >= 0.6 is 0 Å². The van der Waals surface area contributed by atoms with Gasteiger partial charge in [0, 0.05) is 30.7 Å². The van der Waals surface area contributed by atoms with Gasteiger partial charge in [-0.3, -0.25) is 19.9 Å². The molecule has 0 amide bonds. The van der Waals surface area contributed by atoms with E-state index in [1.54, 1.807) is 18.5 Å². The van der Waals surface area contributed by atoms with Crippen molar-refractivity contribution in [2.24, 2.45) is 0 Å². The van der Waals surface area contributed by atoms with Crippen molar-refractivity contribution >= 4 is 5.65 Å². The zero-order valence-corrected chi connectivity index (χ0v) is 9.08. The second-order valence-electron chi connectivity index (χ2n) is 3.64.